The highest BCUT2D eigenvalue weighted by molar-refractivity contribution is 7.15. The Morgan fingerprint density at radius 3 is 2.47 bits per heavy atom. The van der Waals surface area contributed by atoms with Gasteiger partial charge >= 0.3 is 6.18 Å². The van der Waals surface area contributed by atoms with Crippen molar-refractivity contribution in [2.75, 3.05) is 5.73 Å². The summed E-state index contributed by atoms with van der Waals surface area (Å²) in [5.41, 5.74) is 7.24. The van der Waals surface area contributed by atoms with Crippen molar-refractivity contribution in [2.24, 2.45) is 0 Å². The van der Waals surface area contributed by atoms with E-state index in [-0.39, 0.29) is 0 Å². The summed E-state index contributed by atoms with van der Waals surface area (Å²) in [4.78, 5) is 4.98. The number of halogens is 3. The molecule has 1 aromatic carbocycles. The van der Waals surface area contributed by atoms with Crippen LogP contribution in [0.5, 0.6) is 0 Å². The summed E-state index contributed by atoms with van der Waals surface area (Å²) in [6.07, 6.45) is -3.89. The van der Waals surface area contributed by atoms with Crippen LogP contribution in [-0.2, 0) is 12.6 Å². The van der Waals surface area contributed by atoms with Crippen molar-refractivity contribution in [1.29, 1.82) is 0 Å². The van der Waals surface area contributed by atoms with Crippen LogP contribution in [0.3, 0.4) is 0 Å². The van der Waals surface area contributed by atoms with E-state index in [9.17, 15) is 13.2 Å². The molecule has 0 radical (unpaired) electrons. The van der Waals surface area contributed by atoms with Gasteiger partial charge in [-0.05, 0) is 37.1 Å². The highest BCUT2D eigenvalue weighted by atomic mass is 32.1. The third kappa shape index (κ3) is 3.07. The SMILES string of the molecule is Cc1ccc(C(F)(F)F)cc1Cc1sc(N)nc1C. The molecule has 0 saturated heterocycles. The van der Waals surface area contributed by atoms with Gasteiger partial charge < -0.3 is 5.73 Å². The molecule has 0 amide bonds. The Balaban J connectivity index is 2.37. The molecule has 0 aliphatic heterocycles. The van der Waals surface area contributed by atoms with Crippen molar-refractivity contribution in [1.82, 2.24) is 4.98 Å². The van der Waals surface area contributed by atoms with Crippen molar-refractivity contribution < 1.29 is 13.2 Å². The lowest BCUT2D eigenvalue weighted by molar-refractivity contribution is -0.137. The van der Waals surface area contributed by atoms with Gasteiger partial charge in [0.15, 0.2) is 5.13 Å². The van der Waals surface area contributed by atoms with E-state index in [0.29, 0.717) is 17.1 Å². The molecule has 102 valence electrons. The largest absolute Gasteiger partial charge is 0.416 e. The molecule has 0 atom stereocenters. The van der Waals surface area contributed by atoms with Gasteiger partial charge in [0.2, 0.25) is 0 Å². The van der Waals surface area contributed by atoms with Crippen LogP contribution in [0.25, 0.3) is 0 Å². The summed E-state index contributed by atoms with van der Waals surface area (Å²) in [7, 11) is 0. The molecule has 0 bridgehead atoms. The van der Waals surface area contributed by atoms with Gasteiger partial charge in [0.25, 0.3) is 0 Å². The van der Waals surface area contributed by atoms with E-state index < -0.39 is 11.7 Å². The highest BCUT2D eigenvalue weighted by Crippen LogP contribution is 2.32. The van der Waals surface area contributed by atoms with E-state index in [4.69, 9.17) is 5.73 Å². The first-order valence-corrected chi connectivity index (χ1v) is 6.47. The smallest absolute Gasteiger partial charge is 0.375 e. The molecule has 0 aliphatic carbocycles. The first kappa shape index (κ1) is 13.9. The minimum atomic E-state index is -4.32. The molecule has 19 heavy (non-hydrogen) atoms. The van der Waals surface area contributed by atoms with Crippen LogP contribution in [0.2, 0.25) is 0 Å². The van der Waals surface area contributed by atoms with Crippen LogP contribution in [0.1, 0.15) is 27.3 Å². The van der Waals surface area contributed by atoms with Gasteiger partial charge in [0.05, 0.1) is 11.3 Å². The fourth-order valence-electron chi connectivity index (χ4n) is 1.83. The predicted octanol–water partition coefficient (Wildman–Crippen LogP) is 3.95. The van der Waals surface area contributed by atoms with Gasteiger partial charge in [-0.2, -0.15) is 13.2 Å². The molecule has 2 nitrogen and oxygen atoms in total. The first-order valence-electron chi connectivity index (χ1n) is 5.66. The Labute approximate surface area is 113 Å². The molecule has 0 fully saturated rings. The lowest BCUT2D eigenvalue weighted by atomic mass is 10.0. The molecule has 0 spiro atoms. The zero-order valence-electron chi connectivity index (χ0n) is 10.5. The van der Waals surface area contributed by atoms with Gasteiger partial charge in [-0.15, -0.1) is 11.3 Å². The second-order valence-corrected chi connectivity index (χ2v) is 5.49. The number of thiazole rings is 1. The number of anilines is 1. The summed E-state index contributed by atoms with van der Waals surface area (Å²) in [5.74, 6) is 0. The average molecular weight is 286 g/mol. The summed E-state index contributed by atoms with van der Waals surface area (Å²) in [6.45, 7) is 3.61. The molecule has 2 N–H and O–H groups in total. The van der Waals surface area contributed by atoms with Crippen LogP contribution in [0.4, 0.5) is 18.3 Å². The lowest BCUT2D eigenvalue weighted by Gasteiger charge is -2.11. The standard InChI is InChI=1S/C13H13F3N2S/c1-7-3-4-10(13(14,15)16)5-9(7)6-11-8(2)18-12(17)19-11/h3-5H,6H2,1-2H3,(H2,17,18). The molecule has 1 heterocycles. The molecule has 0 saturated carbocycles. The number of nitrogen functional groups attached to an aromatic ring is 1. The van der Waals surface area contributed by atoms with E-state index in [1.165, 1.54) is 23.5 Å². The minimum absolute atomic E-state index is 0.427. The van der Waals surface area contributed by atoms with Gasteiger partial charge in [0, 0.05) is 11.3 Å². The van der Waals surface area contributed by atoms with Gasteiger partial charge in [0.1, 0.15) is 0 Å². The second kappa shape index (κ2) is 4.85. The Morgan fingerprint density at radius 1 is 1.26 bits per heavy atom. The summed E-state index contributed by atoms with van der Waals surface area (Å²) in [6, 6.07) is 3.80. The number of nitrogens with two attached hydrogens (primary N) is 1. The predicted molar refractivity (Wildman–Crippen MR) is 70.3 cm³/mol. The van der Waals surface area contributed by atoms with Gasteiger partial charge in [-0.3, -0.25) is 0 Å². The molecule has 2 aromatic rings. The third-order valence-electron chi connectivity index (χ3n) is 2.94. The normalized spacial score (nSPS) is 11.8. The maximum atomic E-state index is 12.7. The molecular formula is C13H13F3N2S. The van der Waals surface area contributed by atoms with Crippen molar-refractivity contribution in [3.8, 4) is 0 Å². The Kier molecular flexibility index (Phi) is 3.54. The fraction of sp³-hybridized carbons (Fsp3) is 0.308. The summed E-state index contributed by atoms with van der Waals surface area (Å²) < 4.78 is 38.1. The van der Waals surface area contributed by atoms with E-state index in [1.807, 2.05) is 6.92 Å². The van der Waals surface area contributed by atoms with Crippen molar-refractivity contribution in [2.45, 2.75) is 26.4 Å². The molecule has 2 rings (SSSR count). The molecule has 6 heteroatoms. The molecule has 0 unspecified atom stereocenters. The summed E-state index contributed by atoms with van der Waals surface area (Å²) in [5, 5.41) is 0.442. The van der Waals surface area contributed by atoms with Crippen LogP contribution in [0.15, 0.2) is 18.2 Å². The molecule has 0 aliphatic rings. The van der Waals surface area contributed by atoms with Crippen LogP contribution >= 0.6 is 11.3 Å². The van der Waals surface area contributed by atoms with Crippen molar-refractivity contribution in [3.05, 3.63) is 45.5 Å². The Bertz CT molecular complexity index is 602. The van der Waals surface area contributed by atoms with Gasteiger partial charge in [-0.25, -0.2) is 4.98 Å². The number of hydrogen-bond acceptors (Lipinski definition) is 3. The number of alkyl halides is 3. The van der Waals surface area contributed by atoms with E-state index in [2.05, 4.69) is 4.98 Å². The van der Waals surface area contributed by atoms with Crippen LogP contribution in [-0.4, -0.2) is 4.98 Å². The molecule has 1 aromatic heterocycles. The summed E-state index contributed by atoms with van der Waals surface area (Å²) >= 11 is 1.32. The number of rotatable bonds is 2. The monoisotopic (exact) mass is 286 g/mol. The Morgan fingerprint density at radius 2 is 1.95 bits per heavy atom. The first-order chi connectivity index (χ1) is 8.77. The van der Waals surface area contributed by atoms with E-state index in [1.54, 1.807) is 6.92 Å². The minimum Gasteiger partial charge on any atom is -0.375 e. The third-order valence-corrected chi connectivity index (χ3v) is 3.92. The second-order valence-electron chi connectivity index (χ2n) is 4.38. The average Bonchev–Trinajstić information content (AvgIpc) is 2.59. The van der Waals surface area contributed by atoms with E-state index >= 15 is 0 Å². The zero-order valence-corrected chi connectivity index (χ0v) is 11.3. The van der Waals surface area contributed by atoms with E-state index in [0.717, 1.165) is 22.2 Å². The Hall–Kier alpha value is -1.56. The van der Waals surface area contributed by atoms with Crippen molar-refractivity contribution >= 4 is 16.5 Å². The number of nitrogens with zero attached hydrogens (tertiary/aromatic N) is 1. The van der Waals surface area contributed by atoms with Crippen LogP contribution < -0.4 is 5.73 Å². The lowest BCUT2D eigenvalue weighted by Crippen LogP contribution is -2.06. The quantitative estimate of drug-likeness (QED) is 0.907. The topological polar surface area (TPSA) is 38.9 Å². The maximum absolute atomic E-state index is 12.7. The number of benzene rings is 1. The highest BCUT2D eigenvalue weighted by Gasteiger charge is 2.30. The van der Waals surface area contributed by atoms with Crippen LogP contribution in [0, 0.1) is 13.8 Å². The molecular weight excluding hydrogens is 273 g/mol. The fourth-order valence-corrected chi connectivity index (χ4v) is 2.68. The van der Waals surface area contributed by atoms with Crippen molar-refractivity contribution in [3.63, 3.8) is 0 Å². The number of aromatic nitrogens is 1. The number of hydrogen-bond donors (Lipinski definition) is 1. The van der Waals surface area contributed by atoms with Gasteiger partial charge in [-0.1, -0.05) is 6.07 Å². The zero-order chi connectivity index (χ0) is 14.2. The number of aryl methyl sites for hydroxylation is 2. The maximum Gasteiger partial charge on any atom is 0.416 e.